The maximum atomic E-state index is 13.0. The molecule has 0 unspecified atom stereocenters. The van der Waals surface area contributed by atoms with Crippen molar-refractivity contribution < 1.29 is 14.3 Å². The van der Waals surface area contributed by atoms with Crippen LogP contribution in [0, 0.1) is 0 Å². The van der Waals surface area contributed by atoms with Gasteiger partial charge in [0.05, 0.1) is 24.7 Å². The summed E-state index contributed by atoms with van der Waals surface area (Å²) in [5, 5.41) is 2.87. The van der Waals surface area contributed by atoms with Gasteiger partial charge in [0.15, 0.2) is 17.2 Å². The van der Waals surface area contributed by atoms with E-state index in [9.17, 15) is 4.79 Å². The molecule has 3 heterocycles. The number of benzene rings is 1. The van der Waals surface area contributed by atoms with Gasteiger partial charge in [0.1, 0.15) is 5.65 Å². The van der Waals surface area contributed by atoms with Crippen molar-refractivity contribution in [3.8, 4) is 17.4 Å². The number of anilines is 1. The average Bonchev–Trinajstić information content (AvgIpc) is 3.13. The van der Waals surface area contributed by atoms with Gasteiger partial charge in [-0.2, -0.15) is 0 Å². The third-order valence-electron chi connectivity index (χ3n) is 4.59. The van der Waals surface area contributed by atoms with E-state index in [4.69, 9.17) is 9.47 Å². The van der Waals surface area contributed by atoms with Gasteiger partial charge in [-0.15, -0.1) is 0 Å². The number of imidazole rings is 1. The average molecular weight is 417 g/mol. The van der Waals surface area contributed by atoms with Crippen molar-refractivity contribution in [2.24, 2.45) is 0 Å². The lowest BCUT2D eigenvalue weighted by Crippen LogP contribution is -2.19. The Morgan fingerprint density at radius 2 is 1.84 bits per heavy atom. The molecular formula is C23H23N5O3. The number of hydrogen-bond acceptors (Lipinski definition) is 6. The minimum Gasteiger partial charge on any atom is -0.493 e. The molecule has 0 saturated heterocycles. The number of carbonyl (C=O) groups excluding carboxylic acids is 1. The van der Waals surface area contributed by atoms with Crippen LogP contribution in [0.1, 0.15) is 16.2 Å². The topological polar surface area (TPSA) is 81.0 Å². The third kappa shape index (κ3) is 4.49. The fourth-order valence-electron chi connectivity index (χ4n) is 3.20. The van der Waals surface area contributed by atoms with Crippen LogP contribution in [0.5, 0.6) is 17.4 Å². The summed E-state index contributed by atoms with van der Waals surface area (Å²) in [6.07, 6.45) is 3.45. The second-order valence-electron chi connectivity index (χ2n) is 7.17. The largest absolute Gasteiger partial charge is 0.493 e. The Morgan fingerprint density at radius 3 is 2.55 bits per heavy atom. The van der Waals surface area contributed by atoms with Crippen LogP contribution in [0.15, 0.2) is 67.0 Å². The molecule has 0 aliphatic carbocycles. The highest BCUT2D eigenvalue weighted by molar-refractivity contribution is 6.04. The molecule has 1 aromatic carbocycles. The number of amides is 1. The summed E-state index contributed by atoms with van der Waals surface area (Å²) in [5.41, 5.74) is 2.48. The zero-order valence-electron chi connectivity index (χ0n) is 17.6. The van der Waals surface area contributed by atoms with E-state index in [-0.39, 0.29) is 5.91 Å². The molecule has 31 heavy (non-hydrogen) atoms. The van der Waals surface area contributed by atoms with Crippen LogP contribution >= 0.6 is 0 Å². The Hall–Kier alpha value is -3.91. The molecule has 0 spiro atoms. The molecule has 8 heteroatoms. The van der Waals surface area contributed by atoms with Crippen molar-refractivity contribution >= 4 is 17.2 Å². The van der Waals surface area contributed by atoms with Crippen LogP contribution in [0.2, 0.25) is 0 Å². The number of rotatable bonds is 7. The zero-order valence-corrected chi connectivity index (χ0v) is 17.6. The molecule has 8 nitrogen and oxygen atoms in total. The van der Waals surface area contributed by atoms with Crippen molar-refractivity contribution in [2.45, 2.75) is 6.54 Å². The number of para-hydroxylation sites is 2. The Kier molecular flexibility index (Phi) is 5.81. The number of pyridine rings is 2. The van der Waals surface area contributed by atoms with Gasteiger partial charge >= 0.3 is 0 Å². The molecule has 0 saturated carbocycles. The van der Waals surface area contributed by atoms with E-state index in [0.29, 0.717) is 35.3 Å². The standard InChI is InChI=1S/C23H23N5O3/c1-27(2)15-17-22(26-20-10-6-7-13-28(17)20)23(29)25-16-11-12-21(24-14-16)31-19-9-5-4-8-18(19)30-3/h4-14H,15H2,1-3H3,(H,25,29). The maximum Gasteiger partial charge on any atom is 0.276 e. The summed E-state index contributed by atoms with van der Waals surface area (Å²) < 4.78 is 13.0. The highest BCUT2D eigenvalue weighted by Crippen LogP contribution is 2.30. The normalized spacial score (nSPS) is 11.0. The first-order chi connectivity index (χ1) is 15.0. The maximum absolute atomic E-state index is 13.0. The Bertz CT molecular complexity index is 1200. The number of nitrogens with zero attached hydrogens (tertiary/aromatic N) is 4. The molecule has 0 fully saturated rings. The molecular weight excluding hydrogens is 394 g/mol. The molecule has 0 aliphatic heterocycles. The van der Waals surface area contributed by atoms with Crippen LogP contribution in [0.3, 0.4) is 0 Å². The van der Waals surface area contributed by atoms with E-state index in [1.807, 2.05) is 66.0 Å². The number of carbonyl (C=O) groups is 1. The molecule has 4 aromatic rings. The fourth-order valence-corrected chi connectivity index (χ4v) is 3.20. The third-order valence-corrected chi connectivity index (χ3v) is 4.59. The van der Waals surface area contributed by atoms with Crippen molar-refractivity contribution in [3.05, 3.63) is 78.4 Å². The molecule has 1 amide bonds. The summed E-state index contributed by atoms with van der Waals surface area (Å²) in [6, 6.07) is 16.4. The lowest BCUT2D eigenvalue weighted by Gasteiger charge is -2.12. The minimum atomic E-state index is -0.291. The molecule has 4 rings (SSSR count). The first-order valence-electron chi connectivity index (χ1n) is 9.74. The Morgan fingerprint density at radius 1 is 1.06 bits per heavy atom. The minimum absolute atomic E-state index is 0.291. The molecule has 158 valence electrons. The van der Waals surface area contributed by atoms with Crippen LogP contribution in [0.4, 0.5) is 5.69 Å². The van der Waals surface area contributed by atoms with E-state index in [1.165, 1.54) is 0 Å². The van der Waals surface area contributed by atoms with Gasteiger partial charge in [-0.1, -0.05) is 18.2 Å². The van der Waals surface area contributed by atoms with Gasteiger partial charge in [-0.25, -0.2) is 9.97 Å². The lowest BCUT2D eigenvalue weighted by atomic mass is 10.2. The highest BCUT2D eigenvalue weighted by Gasteiger charge is 2.19. The van der Waals surface area contributed by atoms with Crippen molar-refractivity contribution in [1.82, 2.24) is 19.3 Å². The smallest absolute Gasteiger partial charge is 0.276 e. The van der Waals surface area contributed by atoms with Gasteiger partial charge in [-0.05, 0) is 44.4 Å². The number of methoxy groups -OCH3 is 1. The number of nitrogens with one attached hydrogen (secondary N) is 1. The van der Waals surface area contributed by atoms with Gasteiger partial charge in [0.25, 0.3) is 5.91 Å². The van der Waals surface area contributed by atoms with E-state index in [0.717, 1.165) is 11.3 Å². The number of fused-ring (bicyclic) bond motifs is 1. The summed E-state index contributed by atoms with van der Waals surface area (Å²) >= 11 is 0. The lowest BCUT2D eigenvalue weighted by molar-refractivity contribution is 0.102. The highest BCUT2D eigenvalue weighted by atomic mass is 16.5. The van der Waals surface area contributed by atoms with E-state index in [1.54, 1.807) is 31.5 Å². The van der Waals surface area contributed by atoms with E-state index in [2.05, 4.69) is 15.3 Å². The molecule has 3 aromatic heterocycles. The predicted octanol–water partition coefficient (Wildman–Crippen LogP) is 3.84. The molecule has 0 aliphatic rings. The van der Waals surface area contributed by atoms with Crippen molar-refractivity contribution in [3.63, 3.8) is 0 Å². The van der Waals surface area contributed by atoms with Crippen molar-refractivity contribution in [1.29, 1.82) is 0 Å². The first-order valence-corrected chi connectivity index (χ1v) is 9.74. The molecule has 1 N–H and O–H groups in total. The molecule has 0 atom stereocenters. The van der Waals surface area contributed by atoms with Crippen LogP contribution in [-0.4, -0.2) is 46.4 Å². The fraction of sp³-hybridized carbons (Fsp3) is 0.174. The number of aromatic nitrogens is 3. The van der Waals surface area contributed by atoms with Crippen LogP contribution in [0.25, 0.3) is 5.65 Å². The van der Waals surface area contributed by atoms with Crippen LogP contribution < -0.4 is 14.8 Å². The summed E-state index contributed by atoms with van der Waals surface area (Å²) in [5.74, 6) is 1.28. The van der Waals surface area contributed by atoms with E-state index < -0.39 is 0 Å². The van der Waals surface area contributed by atoms with Crippen molar-refractivity contribution in [2.75, 3.05) is 26.5 Å². The monoisotopic (exact) mass is 417 g/mol. The second-order valence-corrected chi connectivity index (χ2v) is 7.17. The van der Waals surface area contributed by atoms with Crippen LogP contribution in [-0.2, 0) is 6.54 Å². The van der Waals surface area contributed by atoms with Gasteiger partial charge in [-0.3, -0.25) is 4.79 Å². The summed E-state index contributed by atoms with van der Waals surface area (Å²) in [4.78, 5) is 23.8. The van der Waals surface area contributed by atoms with Gasteiger partial charge in [0, 0.05) is 18.8 Å². The first kappa shape index (κ1) is 20.4. The molecule has 0 bridgehead atoms. The van der Waals surface area contributed by atoms with Gasteiger partial charge < -0.3 is 24.1 Å². The Balaban J connectivity index is 1.53. The predicted molar refractivity (Wildman–Crippen MR) is 118 cm³/mol. The summed E-state index contributed by atoms with van der Waals surface area (Å²) in [7, 11) is 5.49. The molecule has 0 radical (unpaired) electrons. The Labute approximate surface area is 180 Å². The number of ether oxygens (including phenoxy) is 2. The second kappa shape index (κ2) is 8.85. The number of hydrogen-bond donors (Lipinski definition) is 1. The van der Waals surface area contributed by atoms with E-state index >= 15 is 0 Å². The SMILES string of the molecule is COc1ccccc1Oc1ccc(NC(=O)c2nc3ccccn3c2CN(C)C)cn1. The van der Waals surface area contributed by atoms with Gasteiger partial charge in [0.2, 0.25) is 5.88 Å². The summed E-state index contributed by atoms with van der Waals surface area (Å²) in [6.45, 7) is 0.581. The quantitative estimate of drug-likeness (QED) is 0.492. The zero-order chi connectivity index (χ0) is 21.8.